The molecule has 6 nitrogen and oxygen atoms in total. The van der Waals surface area contributed by atoms with E-state index in [0.717, 1.165) is 36.3 Å². The maximum atomic E-state index is 12.5. The molecule has 0 aliphatic carbocycles. The molecule has 1 atom stereocenters. The Morgan fingerprint density at radius 3 is 2.65 bits per heavy atom. The molecule has 0 bridgehead atoms. The molecule has 136 valence electrons. The van der Waals surface area contributed by atoms with Gasteiger partial charge in [-0.3, -0.25) is 14.6 Å². The highest BCUT2D eigenvalue weighted by Crippen LogP contribution is 2.17. The number of ether oxygens (including phenoxy) is 1. The Balaban J connectivity index is 1.66. The molecule has 1 aliphatic heterocycles. The molecule has 1 saturated heterocycles. The summed E-state index contributed by atoms with van der Waals surface area (Å²) in [5, 5.41) is 5.72. The molecular formula is C20H23N3O3. The van der Waals surface area contributed by atoms with Crippen LogP contribution in [0.4, 0.5) is 5.69 Å². The summed E-state index contributed by atoms with van der Waals surface area (Å²) in [7, 11) is 0. The van der Waals surface area contributed by atoms with E-state index >= 15 is 0 Å². The Morgan fingerprint density at radius 2 is 1.92 bits per heavy atom. The molecule has 2 N–H and O–H groups in total. The van der Waals surface area contributed by atoms with Gasteiger partial charge in [0.15, 0.2) is 0 Å². The van der Waals surface area contributed by atoms with Crippen LogP contribution < -0.4 is 10.6 Å². The van der Waals surface area contributed by atoms with Crippen LogP contribution in [-0.2, 0) is 4.74 Å². The summed E-state index contributed by atoms with van der Waals surface area (Å²) in [5.41, 5.74) is 3.49. The summed E-state index contributed by atoms with van der Waals surface area (Å²) < 4.78 is 5.49. The van der Waals surface area contributed by atoms with Gasteiger partial charge in [-0.25, -0.2) is 0 Å². The first-order chi connectivity index (χ1) is 12.5. The Morgan fingerprint density at radius 1 is 1.15 bits per heavy atom. The van der Waals surface area contributed by atoms with Gasteiger partial charge in [0, 0.05) is 31.2 Å². The van der Waals surface area contributed by atoms with Gasteiger partial charge < -0.3 is 15.4 Å². The van der Waals surface area contributed by atoms with Crippen LogP contribution in [0.2, 0.25) is 0 Å². The largest absolute Gasteiger partial charge is 0.376 e. The van der Waals surface area contributed by atoms with Crippen LogP contribution in [0.25, 0.3) is 0 Å². The SMILES string of the molecule is Cc1ccc(C)c(NC(=O)c2cncc(C(=O)NCC3CCCO3)c2)c1. The van der Waals surface area contributed by atoms with Crippen LogP contribution in [-0.4, -0.2) is 36.1 Å². The highest BCUT2D eigenvalue weighted by atomic mass is 16.5. The van der Waals surface area contributed by atoms with Crippen molar-refractivity contribution >= 4 is 17.5 Å². The first-order valence-corrected chi connectivity index (χ1v) is 8.76. The Hall–Kier alpha value is -2.73. The maximum absolute atomic E-state index is 12.5. The highest BCUT2D eigenvalue weighted by molar-refractivity contribution is 6.06. The van der Waals surface area contributed by atoms with Crippen molar-refractivity contribution in [1.82, 2.24) is 10.3 Å². The second-order valence-corrected chi connectivity index (χ2v) is 6.58. The first kappa shape index (κ1) is 18.1. The third-order valence-electron chi connectivity index (χ3n) is 4.42. The van der Waals surface area contributed by atoms with Gasteiger partial charge >= 0.3 is 0 Å². The van der Waals surface area contributed by atoms with E-state index in [0.29, 0.717) is 17.7 Å². The standard InChI is InChI=1S/C20H23N3O3/c1-13-5-6-14(2)18(8-13)23-20(25)16-9-15(10-21-11-16)19(24)22-12-17-4-3-7-26-17/h5-6,8-11,17H,3-4,7,12H2,1-2H3,(H,22,24)(H,23,25). The molecule has 1 aliphatic rings. The lowest BCUT2D eigenvalue weighted by Gasteiger charge is -2.12. The van der Waals surface area contributed by atoms with E-state index in [2.05, 4.69) is 15.6 Å². The van der Waals surface area contributed by atoms with E-state index in [4.69, 9.17) is 4.74 Å². The summed E-state index contributed by atoms with van der Waals surface area (Å²) >= 11 is 0. The van der Waals surface area contributed by atoms with E-state index in [1.165, 1.54) is 12.4 Å². The molecule has 1 aromatic heterocycles. The number of rotatable bonds is 5. The fourth-order valence-corrected chi connectivity index (χ4v) is 2.87. The van der Waals surface area contributed by atoms with Gasteiger partial charge in [-0.15, -0.1) is 0 Å². The number of amides is 2. The molecule has 3 rings (SSSR count). The third kappa shape index (κ3) is 4.46. The second kappa shape index (κ2) is 8.10. The molecular weight excluding hydrogens is 330 g/mol. The summed E-state index contributed by atoms with van der Waals surface area (Å²) in [5.74, 6) is -0.547. The lowest BCUT2D eigenvalue weighted by Crippen LogP contribution is -2.32. The number of carbonyl (C=O) groups excluding carboxylic acids is 2. The minimum absolute atomic E-state index is 0.0719. The number of benzene rings is 1. The minimum Gasteiger partial charge on any atom is -0.376 e. The average Bonchev–Trinajstić information content (AvgIpc) is 3.16. The molecule has 2 aromatic rings. The van der Waals surface area contributed by atoms with Crippen LogP contribution in [0.1, 0.15) is 44.7 Å². The smallest absolute Gasteiger partial charge is 0.257 e. The molecule has 6 heteroatoms. The molecule has 1 unspecified atom stereocenters. The summed E-state index contributed by atoms with van der Waals surface area (Å²) in [6, 6.07) is 7.42. The van der Waals surface area contributed by atoms with Gasteiger partial charge in [0.05, 0.1) is 17.2 Å². The molecule has 1 fully saturated rings. The van der Waals surface area contributed by atoms with Gasteiger partial charge in [-0.05, 0) is 49.9 Å². The highest BCUT2D eigenvalue weighted by Gasteiger charge is 2.17. The van der Waals surface area contributed by atoms with Crippen LogP contribution >= 0.6 is 0 Å². The van der Waals surface area contributed by atoms with Gasteiger partial charge in [0.2, 0.25) is 0 Å². The number of hydrogen-bond donors (Lipinski definition) is 2. The van der Waals surface area contributed by atoms with E-state index in [9.17, 15) is 9.59 Å². The topological polar surface area (TPSA) is 80.3 Å². The molecule has 26 heavy (non-hydrogen) atoms. The van der Waals surface area contributed by atoms with Crippen molar-refractivity contribution < 1.29 is 14.3 Å². The van der Waals surface area contributed by atoms with Crippen molar-refractivity contribution in [3.63, 3.8) is 0 Å². The quantitative estimate of drug-likeness (QED) is 0.866. The van der Waals surface area contributed by atoms with Gasteiger partial charge in [-0.2, -0.15) is 0 Å². The van der Waals surface area contributed by atoms with Crippen molar-refractivity contribution in [3.8, 4) is 0 Å². The Kier molecular flexibility index (Phi) is 5.63. The first-order valence-electron chi connectivity index (χ1n) is 8.76. The summed E-state index contributed by atoms with van der Waals surface area (Å²) in [6.07, 6.45) is 4.96. The Bertz CT molecular complexity index is 814. The van der Waals surface area contributed by atoms with E-state index in [-0.39, 0.29) is 17.9 Å². The number of hydrogen-bond acceptors (Lipinski definition) is 4. The predicted molar refractivity (Wildman–Crippen MR) is 99.4 cm³/mol. The molecule has 1 aromatic carbocycles. The molecule has 2 amide bonds. The van der Waals surface area contributed by atoms with Crippen LogP contribution in [0, 0.1) is 13.8 Å². The zero-order chi connectivity index (χ0) is 18.5. The Labute approximate surface area is 153 Å². The molecule has 0 radical (unpaired) electrons. The van der Waals surface area contributed by atoms with Crippen molar-refractivity contribution in [2.75, 3.05) is 18.5 Å². The predicted octanol–water partition coefficient (Wildman–Crippen LogP) is 2.86. The van der Waals surface area contributed by atoms with E-state index < -0.39 is 0 Å². The van der Waals surface area contributed by atoms with Crippen molar-refractivity contribution in [1.29, 1.82) is 0 Å². The normalized spacial score (nSPS) is 16.3. The van der Waals surface area contributed by atoms with E-state index in [1.807, 2.05) is 32.0 Å². The van der Waals surface area contributed by atoms with Crippen molar-refractivity contribution in [3.05, 3.63) is 58.9 Å². The van der Waals surface area contributed by atoms with Crippen LogP contribution in [0.3, 0.4) is 0 Å². The van der Waals surface area contributed by atoms with Crippen LogP contribution in [0.15, 0.2) is 36.7 Å². The van der Waals surface area contributed by atoms with Crippen molar-refractivity contribution in [2.24, 2.45) is 0 Å². The number of pyridine rings is 1. The lowest BCUT2D eigenvalue weighted by atomic mass is 10.1. The number of anilines is 1. The van der Waals surface area contributed by atoms with Crippen LogP contribution in [0.5, 0.6) is 0 Å². The molecule has 2 heterocycles. The third-order valence-corrected chi connectivity index (χ3v) is 4.42. The maximum Gasteiger partial charge on any atom is 0.257 e. The zero-order valence-electron chi connectivity index (χ0n) is 15.0. The van der Waals surface area contributed by atoms with Gasteiger partial charge in [0.1, 0.15) is 0 Å². The zero-order valence-corrected chi connectivity index (χ0v) is 15.0. The summed E-state index contributed by atoms with van der Waals surface area (Å²) in [4.78, 5) is 28.8. The summed E-state index contributed by atoms with van der Waals surface area (Å²) in [6.45, 7) is 5.12. The number of nitrogens with one attached hydrogen (secondary N) is 2. The van der Waals surface area contributed by atoms with Gasteiger partial charge in [-0.1, -0.05) is 12.1 Å². The number of aromatic nitrogens is 1. The number of carbonyl (C=O) groups is 2. The monoisotopic (exact) mass is 353 g/mol. The minimum atomic E-state index is -0.292. The number of aryl methyl sites for hydroxylation is 2. The fraction of sp³-hybridized carbons (Fsp3) is 0.350. The second-order valence-electron chi connectivity index (χ2n) is 6.58. The average molecular weight is 353 g/mol. The fourth-order valence-electron chi connectivity index (χ4n) is 2.87. The van der Waals surface area contributed by atoms with E-state index in [1.54, 1.807) is 6.07 Å². The number of nitrogens with zero attached hydrogens (tertiary/aromatic N) is 1. The lowest BCUT2D eigenvalue weighted by molar-refractivity contribution is 0.0857. The molecule has 0 saturated carbocycles. The van der Waals surface area contributed by atoms with Crippen molar-refractivity contribution in [2.45, 2.75) is 32.8 Å². The van der Waals surface area contributed by atoms with Gasteiger partial charge in [0.25, 0.3) is 11.8 Å². The molecule has 0 spiro atoms.